The summed E-state index contributed by atoms with van der Waals surface area (Å²) < 4.78 is 153. The molecule has 262 valence electrons. The molecule has 1 N–H and O–H groups in total. The molecule has 0 aromatic carbocycles. The first-order valence-electron chi connectivity index (χ1n) is 14.0. The second-order valence-electron chi connectivity index (χ2n) is 12.0. The molecule has 3 saturated heterocycles. The van der Waals surface area contributed by atoms with Crippen LogP contribution in [-0.2, 0) is 42.7 Å². The largest absolute Gasteiger partial charge is 0.449 e. The minimum atomic E-state index is -6.13. The van der Waals surface area contributed by atoms with Crippen LogP contribution in [0.15, 0.2) is 0 Å². The van der Waals surface area contributed by atoms with Gasteiger partial charge in [0, 0.05) is 5.41 Å². The molecule has 0 aromatic heterocycles. The Labute approximate surface area is 251 Å². The van der Waals surface area contributed by atoms with Crippen LogP contribution in [0.1, 0.15) is 60.8 Å². The van der Waals surface area contributed by atoms with Gasteiger partial charge in [0.2, 0.25) is 0 Å². The van der Waals surface area contributed by atoms with E-state index in [9.17, 15) is 54.2 Å². The molecule has 45 heavy (non-hydrogen) atoms. The van der Waals surface area contributed by atoms with E-state index in [1.807, 2.05) is 20.8 Å². The van der Waals surface area contributed by atoms with Gasteiger partial charge in [-0.3, -0.25) is 4.79 Å². The van der Waals surface area contributed by atoms with Gasteiger partial charge in [0.1, 0.15) is 30.8 Å². The molecule has 3 rings (SSSR count). The van der Waals surface area contributed by atoms with Crippen LogP contribution in [0.25, 0.3) is 0 Å². The SMILES string of the molecule is CCC(C)(CC(C)C)C(O)OC1C(C)OC2C3OC(CC(=O)OC(C(F)(F)F)C(F)(F)F)(C(=O)OC(C)C(F)(F)F)OC3OC12. The second kappa shape index (κ2) is 12.9. The van der Waals surface area contributed by atoms with E-state index in [2.05, 4.69) is 9.47 Å². The van der Waals surface area contributed by atoms with Gasteiger partial charge in [0.25, 0.3) is 11.9 Å². The van der Waals surface area contributed by atoms with Crippen molar-refractivity contribution in [1.82, 2.24) is 0 Å². The van der Waals surface area contributed by atoms with Crippen molar-refractivity contribution in [2.75, 3.05) is 0 Å². The van der Waals surface area contributed by atoms with Gasteiger partial charge in [-0.2, -0.15) is 39.5 Å². The number of carbonyl (C=O) groups excluding carboxylic acids is 2. The molecular weight excluding hydrogens is 643 g/mol. The van der Waals surface area contributed by atoms with Gasteiger partial charge in [0.15, 0.2) is 18.7 Å². The smallest absolute Gasteiger partial charge is 0.434 e. The summed E-state index contributed by atoms with van der Waals surface area (Å²) >= 11 is 0. The molecule has 0 aromatic rings. The number of esters is 2. The zero-order chi connectivity index (χ0) is 34.5. The summed E-state index contributed by atoms with van der Waals surface area (Å²) in [5.41, 5.74) is -0.702. The number of ether oxygens (including phenoxy) is 7. The lowest BCUT2D eigenvalue weighted by atomic mass is 9.79. The quantitative estimate of drug-likeness (QED) is 0.187. The lowest BCUT2D eigenvalue weighted by molar-refractivity contribution is -0.316. The monoisotopic (exact) mass is 678 g/mol. The van der Waals surface area contributed by atoms with Crippen molar-refractivity contribution in [2.24, 2.45) is 11.3 Å². The molecule has 10 unspecified atom stereocenters. The van der Waals surface area contributed by atoms with E-state index in [-0.39, 0.29) is 5.92 Å². The zero-order valence-corrected chi connectivity index (χ0v) is 24.9. The first-order chi connectivity index (χ1) is 20.3. The van der Waals surface area contributed by atoms with Gasteiger partial charge in [-0.05, 0) is 32.6 Å². The van der Waals surface area contributed by atoms with Gasteiger partial charge >= 0.3 is 30.5 Å². The predicted molar refractivity (Wildman–Crippen MR) is 129 cm³/mol. The van der Waals surface area contributed by atoms with Crippen LogP contribution in [0.3, 0.4) is 0 Å². The standard InChI is InChI=1S/C26H35F9O10/c1-7-22(6,8-10(2)3)20(37)43-14-11(4)39-16-15(14)42-18-17(16)44-23(45-18,21(38)40-12(5)24(27,28)29)9-13(36)41-19(25(30,31)32)26(33,34)35/h10-12,14-20,37H,7-9H2,1-6H3. The van der Waals surface area contributed by atoms with Gasteiger partial charge < -0.3 is 38.3 Å². The Kier molecular flexibility index (Phi) is 10.8. The van der Waals surface area contributed by atoms with Crippen molar-refractivity contribution >= 4 is 11.9 Å². The van der Waals surface area contributed by atoms with Crippen molar-refractivity contribution < 1.29 is 87.4 Å². The Morgan fingerprint density at radius 1 is 0.867 bits per heavy atom. The number of aliphatic hydroxyl groups excluding tert-OH is 1. The van der Waals surface area contributed by atoms with Crippen molar-refractivity contribution in [3.05, 3.63) is 0 Å². The third-order valence-electron chi connectivity index (χ3n) is 7.84. The first kappa shape index (κ1) is 37.5. The zero-order valence-electron chi connectivity index (χ0n) is 24.9. The fourth-order valence-electron chi connectivity index (χ4n) is 5.42. The number of rotatable bonds is 11. The predicted octanol–water partition coefficient (Wildman–Crippen LogP) is 4.70. The Morgan fingerprint density at radius 3 is 1.93 bits per heavy atom. The van der Waals surface area contributed by atoms with Crippen LogP contribution in [-0.4, -0.2) is 96.7 Å². The highest BCUT2D eigenvalue weighted by Crippen LogP contribution is 2.48. The second-order valence-corrected chi connectivity index (χ2v) is 12.0. The van der Waals surface area contributed by atoms with Crippen molar-refractivity contribution in [1.29, 1.82) is 0 Å². The third-order valence-corrected chi connectivity index (χ3v) is 7.84. The summed E-state index contributed by atoms with van der Waals surface area (Å²) in [6.45, 7) is 9.43. The molecule has 0 saturated carbocycles. The van der Waals surface area contributed by atoms with Crippen LogP contribution in [0.5, 0.6) is 0 Å². The maximum atomic E-state index is 13.1. The number of hydrogen-bond donors (Lipinski definition) is 1. The molecule has 0 amide bonds. The number of fused-ring (bicyclic) bond motifs is 3. The minimum absolute atomic E-state index is 0.185. The van der Waals surface area contributed by atoms with Crippen LogP contribution in [0, 0.1) is 11.3 Å². The molecule has 0 spiro atoms. The maximum absolute atomic E-state index is 13.1. The molecule has 19 heteroatoms. The van der Waals surface area contributed by atoms with Gasteiger partial charge in [-0.15, -0.1) is 0 Å². The van der Waals surface area contributed by atoms with Gasteiger partial charge in [-0.1, -0.05) is 27.7 Å². The van der Waals surface area contributed by atoms with E-state index in [1.54, 1.807) is 6.92 Å². The average molecular weight is 679 g/mol. The number of aliphatic hydroxyl groups is 1. The normalized spacial score (nSPS) is 33.1. The summed E-state index contributed by atoms with van der Waals surface area (Å²) in [4.78, 5) is 25.2. The Morgan fingerprint density at radius 2 is 1.44 bits per heavy atom. The van der Waals surface area contributed by atoms with Crippen LogP contribution in [0.2, 0.25) is 0 Å². The fraction of sp³-hybridized carbons (Fsp3) is 0.923. The third kappa shape index (κ3) is 8.14. The molecule has 0 radical (unpaired) electrons. The molecule has 10 atom stereocenters. The molecule has 10 nitrogen and oxygen atoms in total. The van der Waals surface area contributed by atoms with E-state index in [1.165, 1.54) is 6.92 Å². The van der Waals surface area contributed by atoms with E-state index in [4.69, 9.17) is 23.7 Å². The molecule has 0 aliphatic carbocycles. The lowest BCUT2D eigenvalue weighted by Crippen LogP contribution is -2.51. The van der Waals surface area contributed by atoms with E-state index < -0.39 is 103 Å². The summed E-state index contributed by atoms with van der Waals surface area (Å²) in [5, 5.41) is 10.9. The summed E-state index contributed by atoms with van der Waals surface area (Å²) in [6, 6.07) is 0. The number of halogens is 9. The van der Waals surface area contributed by atoms with Crippen molar-refractivity contribution in [3.63, 3.8) is 0 Å². The van der Waals surface area contributed by atoms with E-state index in [0.29, 0.717) is 19.8 Å². The highest BCUT2D eigenvalue weighted by molar-refractivity contribution is 5.85. The van der Waals surface area contributed by atoms with E-state index >= 15 is 0 Å². The molecule has 3 aliphatic rings. The minimum Gasteiger partial charge on any atom is -0.449 e. The lowest BCUT2D eigenvalue weighted by Gasteiger charge is -2.37. The maximum Gasteiger partial charge on any atom is 0.434 e. The number of carbonyl (C=O) groups is 2. The molecule has 3 aliphatic heterocycles. The summed E-state index contributed by atoms with van der Waals surface area (Å²) in [5.74, 6) is -7.60. The summed E-state index contributed by atoms with van der Waals surface area (Å²) in [6.07, 6.45) is -34.5. The molecule has 3 fully saturated rings. The number of alkyl halides is 9. The Balaban J connectivity index is 1.84. The van der Waals surface area contributed by atoms with E-state index in [0.717, 1.165) is 0 Å². The van der Waals surface area contributed by atoms with Crippen LogP contribution in [0.4, 0.5) is 39.5 Å². The Bertz CT molecular complexity index is 1050. The van der Waals surface area contributed by atoms with Crippen molar-refractivity contribution in [3.8, 4) is 0 Å². The topological polar surface area (TPSA) is 119 Å². The highest BCUT2D eigenvalue weighted by atomic mass is 19.4. The van der Waals surface area contributed by atoms with Crippen LogP contribution >= 0.6 is 0 Å². The summed E-state index contributed by atoms with van der Waals surface area (Å²) in [7, 11) is 0. The number of hydrogen-bond acceptors (Lipinski definition) is 10. The Hall–Kier alpha value is -1.93. The molecular formula is C26H35F9O10. The molecule has 0 bridgehead atoms. The molecule has 3 heterocycles. The first-order valence-corrected chi connectivity index (χ1v) is 14.0. The van der Waals surface area contributed by atoms with Gasteiger partial charge in [0.05, 0.1) is 6.10 Å². The van der Waals surface area contributed by atoms with Crippen LogP contribution < -0.4 is 0 Å². The van der Waals surface area contributed by atoms with Crippen molar-refractivity contribution in [2.45, 2.75) is 140 Å². The highest BCUT2D eigenvalue weighted by Gasteiger charge is 2.68. The fourth-order valence-corrected chi connectivity index (χ4v) is 5.42. The average Bonchev–Trinajstić information content (AvgIpc) is 3.48. The van der Waals surface area contributed by atoms with Gasteiger partial charge in [-0.25, -0.2) is 4.79 Å².